The van der Waals surface area contributed by atoms with E-state index in [1.54, 1.807) is 12.1 Å². The monoisotopic (exact) mass is 359 g/mol. The van der Waals surface area contributed by atoms with Crippen LogP contribution >= 0.6 is 0 Å². The van der Waals surface area contributed by atoms with Crippen molar-refractivity contribution < 1.29 is 18.0 Å². The fourth-order valence-electron chi connectivity index (χ4n) is 2.26. The van der Waals surface area contributed by atoms with Gasteiger partial charge in [-0.2, -0.15) is 13.2 Å². The van der Waals surface area contributed by atoms with Gasteiger partial charge in [-0.1, -0.05) is 12.1 Å². The first-order valence-corrected chi connectivity index (χ1v) is 7.32. The van der Waals surface area contributed by atoms with Crippen molar-refractivity contribution in [2.75, 3.05) is 5.73 Å². The van der Waals surface area contributed by atoms with Crippen LogP contribution in [0.25, 0.3) is 22.5 Å². The van der Waals surface area contributed by atoms with Gasteiger partial charge in [-0.15, -0.1) is 0 Å². The summed E-state index contributed by atoms with van der Waals surface area (Å²) in [4.78, 5) is 22.9. The average Bonchev–Trinajstić information content (AvgIpc) is 2.61. The molecule has 132 valence electrons. The molecule has 0 saturated carbocycles. The molecule has 26 heavy (non-hydrogen) atoms. The molecule has 0 bridgehead atoms. The molecule has 6 nitrogen and oxygen atoms in total. The number of primary amides is 1. The first kappa shape index (κ1) is 17.3. The Morgan fingerprint density at radius 1 is 0.923 bits per heavy atom. The van der Waals surface area contributed by atoms with E-state index in [1.165, 1.54) is 24.4 Å². The van der Waals surface area contributed by atoms with Crippen LogP contribution in [0.5, 0.6) is 0 Å². The fraction of sp³-hybridized carbons (Fsp3) is 0.0588. The second-order valence-corrected chi connectivity index (χ2v) is 5.36. The van der Waals surface area contributed by atoms with Crippen molar-refractivity contribution in [3.8, 4) is 22.5 Å². The van der Waals surface area contributed by atoms with Crippen molar-refractivity contribution in [1.29, 1.82) is 0 Å². The zero-order valence-corrected chi connectivity index (χ0v) is 13.2. The van der Waals surface area contributed by atoms with Crippen LogP contribution in [0.2, 0.25) is 0 Å². The highest BCUT2D eigenvalue weighted by molar-refractivity contribution is 5.93. The van der Waals surface area contributed by atoms with Gasteiger partial charge in [0.05, 0.1) is 11.9 Å². The van der Waals surface area contributed by atoms with E-state index >= 15 is 0 Å². The zero-order valence-electron chi connectivity index (χ0n) is 13.2. The number of hydrogen-bond acceptors (Lipinski definition) is 5. The second-order valence-electron chi connectivity index (χ2n) is 5.36. The number of benzene rings is 1. The Bertz CT molecular complexity index is 954. The van der Waals surface area contributed by atoms with Gasteiger partial charge in [0.15, 0.2) is 0 Å². The minimum atomic E-state index is -4.53. The molecule has 0 aliphatic carbocycles. The van der Waals surface area contributed by atoms with E-state index in [-0.39, 0.29) is 11.5 Å². The number of hydrogen-bond donors (Lipinski definition) is 2. The van der Waals surface area contributed by atoms with Gasteiger partial charge in [-0.3, -0.25) is 9.78 Å². The lowest BCUT2D eigenvalue weighted by Gasteiger charge is -2.09. The molecule has 0 saturated heterocycles. The van der Waals surface area contributed by atoms with Crippen molar-refractivity contribution in [3.63, 3.8) is 0 Å². The third kappa shape index (κ3) is 3.46. The number of anilines is 1. The molecule has 0 aliphatic heterocycles. The van der Waals surface area contributed by atoms with E-state index < -0.39 is 17.8 Å². The van der Waals surface area contributed by atoms with Crippen LogP contribution in [0, 0.1) is 0 Å². The summed E-state index contributed by atoms with van der Waals surface area (Å²) in [6.45, 7) is 0. The first-order chi connectivity index (χ1) is 12.3. The summed E-state index contributed by atoms with van der Waals surface area (Å²) in [6.07, 6.45) is -2.06. The number of aromatic nitrogens is 3. The van der Waals surface area contributed by atoms with E-state index in [0.29, 0.717) is 22.4 Å². The van der Waals surface area contributed by atoms with E-state index in [0.717, 1.165) is 12.3 Å². The molecule has 0 spiro atoms. The summed E-state index contributed by atoms with van der Waals surface area (Å²) < 4.78 is 37.9. The number of halogens is 3. The summed E-state index contributed by atoms with van der Waals surface area (Å²) in [5.74, 6) is -0.500. The molecule has 0 unspecified atom stereocenters. The van der Waals surface area contributed by atoms with Gasteiger partial charge in [0, 0.05) is 22.9 Å². The Labute approximate surface area is 145 Å². The maximum atomic E-state index is 12.6. The third-order valence-electron chi connectivity index (χ3n) is 3.59. The highest BCUT2D eigenvalue weighted by atomic mass is 19.4. The lowest BCUT2D eigenvalue weighted by Crippen LogP contribution is -2.10. The van der Waals surface area contributed by atoms with Crippen molar-refractivity contribution in [2.24, 2.45) is 5.73 Å². The molecule has 0 radical (unpaired) electrons. The maximum Gasteiger partial charge on any atom is 0.433 e. The molecule has 0 atom stereocenters. The van der Waals surface area contributed by atoms with Crippen LogP contribution in [0.3, 0.4) is 0 Å². The topological polar surface area (TPSA) is 108 Å². The van der Waals surface area contributed by atoms with Crippen LogP contribution < -0.4 is 11.5 Å². The largest absolute Gasteiger partial charge is 0.433 e. The van der Waals surface area contributed by atoms with Crippen molar-refractivity contribution in [1.82, 2.24) is 15.0 Å². The lowest BCUT2D eigenvalue weighted by atomic mass is 10.1. The second kappa shape index (κ2) is 6.43. The Morgan fingerprint density at radius 2 is 1.58 bits per heavy atom. The highest BCUT2D eigenvalue weighted by Crippen LogP contribution is 2.30. The summed E-state index contributed by atoms with van der Waals surface area (Å²) in [6, 6.07) is 8.43. The fourth-order valence-corrected chi connectivity index (χ4v) is 2.26. The molecule has 0 fully saturated rings. The molecule has 1 amide bonds. The number of amides is 1. The Kier molecular flexibility index (Phi) is 4.29. The zero-order chi connectivity index (χ0) is 18.9. The summed E-state index contributed by atoms with van der Waals surface area (Å²) in [7, 11) is 0. The van der Waals surface area contributed by atoms with Gasteiger partial charge in [0.1, 0.15) is 17.2 Å². The van der Waals surface area contributed by atoms with E-state index in [4.69, 9.17) is 11.5 Å². The molecule has 0 aliphatic rings. The Hall–Kier alpha value is -3.49. The van der Waals surface area contributed by atoms with Crippen LogP contribution in [0.1, 0.15) is 16.1 Å². The van der Waals surface area contributed by atoms with Crippen LogP contribution in [-0.2, 0) is 6.18 Å². The smallest absolute Gasteiger partial charge is 0.382 e. The number of nitrogens with two attached hydrogens (primary N) is 2. The van der Waals surface area contributed by atoms with Gasteiger partial charge in [0.2, 0.25) is 5.91 Å². The molecule has 1 aromatic carbocycles. The van der Waals surface area contributed by atoms with Crippen LogP contribution in [0.15, 0.2) is 48.8 Å². The van der Waals surface area contributed by atoms with Crippen LogP contribution in [-0.4, -0.2) is 20.9 Å². The van der Waals surface area contributed by atoms with Crippen molar-refractivity contribution in [3.05, 3.63) is 60.0 Å². The molecule has 4 N–H and O–H groups in total. The minimum absolute atomic E-state index is 0.0593. The molecule has 3 rings (SSSR count). The number of nitrogens with zero attached hydrogens (tertiary/aromatic N) is 3. The first-order valence-electron chi connectivity index (χ1n) is 7.32. The van der Waals surface area contributed by atoms with Crippen molar-refractivity contribution in [2.45, 2.75) is 6.18 Å². The number of rotatable bonds is 3. The minimum Gasteiger partial charge on any atom is -0.382 e. The molecule has 2 heterocycles. The van der Waals surface area contributed by atoms with E-state index in [9.17, 15) is 18.0 Å². The summed E-state index contributed by atoms with van der Waals surface area (Å²) in [5.41, 5.74) is 11.9. The normalized spacial score (nSPS) is 11.3. The maximum absolute atomic E-state index is 12.6. The van der Waals surface area contributed by atoms with E-state index in [1.807, 2.05) is 0 Å². The molecular formula is C17H12F3N5O. The molecule has 3 aromatic rings. The Balaban J connectivity index is 1.99. The van der Waals surface area contributed by atoms with Gasteiger partial charge in [0.25, 0.3) is 0 Å². The number of pyridine rings is 1. The standard InChI is InChI=1S/C17H12F3N5O/c18-17(19,20)13-6-5-11(7-23-13)14-15(21)24-8-12(25-14)9-1-3-10(4-2-9)16(22)26/h1-8H,(H2,21,24)(H2,22,26). The van der Waals surface area contributed by atoms with Gasteiger partial charge >= 0.3 is 6.18 Å². The quantitative estimate of drug-likeness (QED) is 0.747. The highest BCUT2D eigenvalue weighted by Gasteiger charge is 2.32. The predicted molar refractivity (Wildman–Crippen MR) is 88.6 cm³/mol. The number of carbonyl (C=O) groups is 1. The Morgan fingerprint density at radius 3 is 2.12 bits per heavy atom. The lowest BCUT2D eigenvalue weighted by molar-refractivity contribution is -0.141. The van der Waals surface area contributed by atoms with Gasteiger partial charge in [-0.25, -0.2) is 9.97 Å². The number of alkyl halides is 3. The SMILES string of the molecule is NC(=O)c1ccc(-c2cnc(N)c(-c3ccc(C(F)(F)F)nc3)n2)cc1. The third-order valence-corrected chi connectivity index (χ3v) is 3.59. The summed E-state index contributed by atoms with van der Waals surface area (Å²) in [5, 5.41) is 0. The molecular weight excluding hydrogens is 347 g/mol. The van der Waals surface area contributed by atoms with Crippen molar-refractivity contribution >= 4 is 11.7 Å². The van der Waals surface area contributed by atoms with Gasteiger partial charge < -0.3 is 11.5 Å². The predicted octanol–water partition coefficient (Wildman–Crippen LogP) is 2.91. The average molecular weight is 359 g/mol. The van der Waals surface area contributed by atoms with E-state index in [2.05, 4.69) is 15.0 Å². The van der Waals surface area contributed by atoms with Gasteiger partial charge in [-0.05, 0) is 24.3 Å². The van der Waals surface area contributed by atoms with Crippen LogP contribution in [0.4, 0.5) is 19.0 Å². The number of nitrogen functional groups attached to an aromatic ring is 1. The molecule has 9 heteroatoms. The summed E-state index contributed by atoms with van der Waals surface area (Å²) >= 11 is 0. The number of carbonyl (C=O) groups excluding carboxylic acids is 1. The molecule has 2 aromatic heterocycles.